The molecule has 0 spiro atoms. The van der Waals surface area contributed by atoms with Crippen LogP contribution in [-0.2, 0) is 13.8 Å². The lowest BCUT2D eigenvalue weighted by Gasteiger charge is -2.17. The summed E-state index contributed by atoms with van der Waals surface area (Å²) in [5.74, 6) is 1.17. The number of methoxy groups -OCH3 is 1. The van der Waals surface area contributed by atoms with Crippen LogP contribution in [0.2, 0.25) is 0 Å². The van der Waals surface area contributed by atoms with Gasteiger partial charge in [-0.3, -0.25) is 4.52 Å². The van der Waals surface area contributed by atoms with Crippen molar-refractivity contribution in [2.24, 2.45) is 5.10 Å². The summed E-state index contributed by atoms with van der Waals surface area (Å²) >= 11 is 1.22. The van der Waals surface area contributed by atoms with Gasteiger partial charge in [0.15, 0.2) is 0 Å². The molecule has 0 heterocycles. The number of rotatable bonds is 10. The summed E-state index contributed by atoms with van der Waals surface area (Å²) in [5.41, 5.74) is 2.93. The van der Waals surface area contributed by atoms with Gasteiger partial charge in [0.25, 0.3) is 0 Å². The third-order valence-corrected chi connectivity index (χ3v) is 6.52. The van der Waals surface area contributed by atoms with Gasteiger partial charge in [-0.1, -0.05) is 13.3 Å². The molecule has 24 heavy (non-hydrogen) atoms. The largest absolute Gasteiger partial charge is 0.452 e. The second kappa shape index (κ2) is 11.1. The number of unbranched alkanes of at least 4 members (excludes halogenated alkanes) is 1. The number of nitrogens with zero attached hydrogens (tertiary/aromatic N) is 1. The van der Waals surface area contributed by atoms with Gasteiger partial charge in [0.2, 0.25) is 0 Å². The molecule has 9 heteroatoms. The SMILES string of the molecule is CCCCSP(=O)(OCC)Oc1ccc(C=NNC(=O)OC)cc1. The van der Waals surface area contributed by atoms with E-state index in [4.69, 9.17) is 9.05 Å². The van der Waals surface area contributed by atoms with E-state index in [0.29, 0.717) is 12.4 Å². The van der Waals surface area contributed by atoms with Crippen LogP contribution in [0.15, 0.2) is 29.4 Å². The van der Waals surface area contributed by atoms with Gasteiger partial charge in [-0.25, -0.2) is 14.8 Å². The van der Waals surface area contributed by atoms with Crippen LogP contribution in [0.1, 0.15) is 32.3 Å². The van der Waals surface area contributed by atoms with Crippen molar-refractivity contribution in [3.05, 3.63) is 29.8 Å². The lowest BCUT2D eigenvalue weighted by Crippen LogP contribution is -2.16. The standard InChI is InChI=1S/C15H23N2O5PS/c1-4-6-11-24-23(19,21-5-2)22-14-9-7-13(8-10-14)12-16-17-15(18)20-3/h7-10,12H,4-6,11H2,1-3H3,(H,17,18). The summed E-state index contributed by atoms with van der Waals surface area (Å²) in [5, 5.41) is 3.72. The Morgan fingerprint density at radius 2 is 2.04 bits per heavy atom. The average molecular weight is 374 g/mol. The fourth-order valence-corrected chi connectivity index (χ4v) is 5.05. The molecule has 0 aromatic heterocycles. The van der Waals surface area contributed by atoms with Gasteiger partial charge in [-0.15, -0.1) is 0 Å². The van der Waals surface area contributed by atoms with Gasteiger partial charge in [0.1, 0.15) is 5.75 Å². The number of amides is 1. The van der Waals surface area contributed by atoms with Gasteiger partial charge in [0.05, 0.1) is 19.9 Å². The Labute approximate surface area is 146 Å². The molecule has 134 valence electrons. The molecule has 0 radical (unpaired) electrons. The van der Waals surface area contributed by atoms with Gasteiger partial charge in [0, 0.05) is 5.75 Å². The van der Waals surface area contributed by atoms with E-state index >= 15 is 0 Å². The number of hydrogen-bond acceptors (Lipinski definition) is 7. The summed E-state index contributed by atoms with van der Waals surface area (Å²) in [7, 11) is 1.26. The van der Waals surface area contributed by atoms with E-state index in [0.717, 1.165) is 24.2 Å². The zero-order valence-corrected chi connectivity index (χ0v) is 15.8. The quantitative estimate of drug-likeness (QED) is 0.282. The van der Waals surface area contributed by atoms with E-state index in [1.54, 1.807) is 31.2 Å². The third-order valence-electron chi connectivity index (χ3n) is 2.69. The molecule has 0 aliphatic heterocycles. The zero-order chi connectivity index (χ0) is 17.8. The number of hydrazone groups is 1. The van der Waals surface area contributed by atoms with Crippen LogP contribution in [0, 0.1) is 0 Å². The maximum absolute atomic E-state index is 12.7. The van der Waals surface area contributed by atoms with E-state index in [1.807, 2.05) is 0 Å². The Bertz CT molecular complexity index is 580. The van der Waals surface area contributed by atoms with Gasteiger partial charge < -0.3 is 9.26 Å². The summed E-state index contributed by atoms with van der Waals surface area (Å²) in [6, 6.07) is 6.80. The van der Waals surface area contributed by atoms with Gasteiger partial charge in [-0.05, 0) is 54.6 Å². The van der Waals surface area contributed by atoms with Crippen molar-refractivity contribution in [1.29, 1.82) is 0 Å². The Balaban J connectivity index is 2.66. The number of carbonyl (C=O) groups is 1. The lowest BCUT2D eigenvalue weighted by atomic mass is 10.2. The van der Waals surface area contributed by atoms with Gasteiger partial charge in [-0.2, -0.15) is 5.10 Å². The first-order chi connectivity index (χ1) is 11.5. The zero-order valence-electron chi connectivity index (χ0n) is 14.1. The maximum Gasteiger partial charge on any atom is 0.440 e. The smallest absolute Gasteiger partial charge is 0.440 e. The molecule has 1 atom stereocenters. The number of ether oxygens (including phenoxy) is 1. The van der Waals surface area contributed by atoms with E-state index < -0.39 is 12.9 Å². The molecule has 1 aromatic carbocycles. The summed E-state index contributed by atoms with van der Waals surface area (Å²) in [6.45, 7) is 0.959. The highest BCUT2D eigenvalue weighted by atomic mass is 32.7. The van der Waals surface area contributed by atoms with Crippen LogP contribution in [-0.4, -0.2) is 31.8 Å². The summed E-state index contributed by atoms with van der Waals surface area (Å²) in [6.07, 6.45) is 2.78. The van der Waals surface area contributed by atoms with Crippen molar-refractivity contribution in [1.82, 2.24) is 5.43 Å². The average Bonchev–Trinajstić information content (AvgIpc) is 2.56. The minimum absolute atomic E-state index is 0.320. The van der Waals surface area contributed by atoms with Crippen LogP contribution in [0.5, 0.6) is 5.75 Å². The van der Waals surface area contributed by atoms with Crippen molar-refractivity contribution >= 4 is 30.5 Å². The van der Waals surface area contributed by atoms with Crippen molar-refractivity contribution in [2.75, 3.05) is 19.5 Å². The lowest BCUT2D eigenvalue weighted by molar-refractivity contribution is 0.171. The first-order valence-electron chi connectivity index (χ1n) is 7.58. The topological polar surface area (TPSA) is 86.2 Å². The molecule has 1 rings (SSSR count). The molecule has 0 fully saturated rings. The Hall–Kier alpha value is -1.50. The Kier molecular flexibility index (Phi) is 9.52. The highest BCUT2D eigenvalue weighted by Gasteiger charge is 2.26. The molecule has 0 saturated heterocycles. The normalized spacial score (nSPS) is 13.5. The van der Waals surface area contributed by atoms with E-state index in [9.17, 15) is 9.36 Å². The summed E-state index contributed by atoms with van der Waals surface area (Å²) < 4.78 is 27.9. The molecule has 1 unspecified atom stereocenters. The Morgan fingerprint density at radius 1 is 1.33 bits per heavy atom. The molecule has 0 bridgehead atoms. The fraction of sp³-hybridized carbons (Fsp3) is 0.467. The van der Waals surface area contributed by atoms with Crippen LogP contribution in [0.25, 0.3) is 0 Å². The maximum atomic E-state index is 12.7. The van der Waals surface area contributed by atoms with Crippen LogP contribution < -0.4 is 9.95 Å². The summed E-state index contributed by atoms with van der Waals surface area (Å²) in [4.78, 5) is 10.9. The van der Waals surface area contributed by atoms with E-state index in [1.165, 1.54) is 24.7 Å². The van der Waals surface area contributed by atoms with Crippen molar-refractivity contribution in [3.63, 3.8) is 0 Å². The minimum atomic E-state index is -3.21. The highest BCUT2D eigenvalue weighted by molar-refractivity contribution is 8.55. The molecular weight excluding hydrogens is 351 g/mol. The molecule has 7 nitrogen and oxygen atoms in total. The van der Waals surface area contributed by atoms with Gasteiger partial charge >= 0.3 is 12.9 Å². The predicted octanol–water partition coefficient (Wildman–Crippen LogP) is 4.43. The molecule has 1 aromatic rings. The molecule has 0 aliphatic rings. The van der Waals surface area contributed by atoms with Crippen molar-refractivity contribution in [2.45, 2.75) is 26.7 Å². The number of carbonyl (C=O) groups excluding carboxylic acids is 1. The number of nitrogens with one attached hydrogen (secondary N) is 1. The minimum Gasteiger partial charge on any atom is -0.452 e. The molecular formula is C15H23N2O5PS. The van der Waals surface area contributed by atoms with Crippen LogP contribution in [0.4, 0.5) is 4.79 Å². The van der Waals surface area contributed by atoms with Crippen LogP contribution >= 0.6 is 18.2 Å². The van der Waals surface area contributed by atoms with E-state index in [-0.39, 0.29) is 0 Å². The molecule has 1 N–H and O–H groups in total. The van der Waals surface area contributed by atoms with Crippen molar-refractivity contribution in [3.8, 4) is 5.75 Å². The van der Waals surface area contributed by atoms with Crippen molar-refractivity contribution < 1.29 is 23.1 Å². The number of hydrogen-bond donors (Lipinski definition) is 1. The van der Waals surface area contributed by atoms with E-state index in [2.05, 4.69) is 22.2 Å². The second-order valence-electron chi connectivity index (χ2n) is 4.57. The predicted molar refractivity (Wildman–Crippen MR) is 96.8 cm³/mol. The highest BCUT2D eigenvalue weighted by Crippen LogP contribution is 2.60. The second-order valence-corrected chi connectivity index (χ2v) is 8.69. The molecule has 0 aliphatic carbocycles. The fourth-order valence-electron chi connectivity index (χ4n) is 1.52. The monoisotopic (exact) mass is 374 g/mol. The molecule has 1 amide bonds. The van der Waals surface area contributed by atoms with Crippen LogP contribution in [0.3, 0.4) is 0 Å². The first kappa shape index (κ1) is 20.5. The Morgan fingerprint density at radius 3 is 2.62 bits per heavy atom. The first-order valence-corrected chi connectivity index (χ1v) is 10.7. The third kappa shape index (κ3) is 7.86. The number of benzene rings is 1. The molecule has 0 saturated carbocycles.